The largest absolute Gasteiger partial charge is 0.488 e. The second-order valence-corrected chi connectivity index (χ2v) is 4.65. The van der Waals surface area contributed by atoms with Crippen LogP contribution in [0, 0.1) is 31.0 Å². The third kappa shape index (κ3) is 2.72. The molecule has 0 radical (unpaired) electrons. The van der Waals surface area contributed by atoms with E-state index in [1.807, 2.05) is 13.8 Å². The zero-order valence-electron chi connectivity index (χ0n) is 11.4. The fourth-order valence-corrected chi connectivity index (χ4v) is 2.11. The first kappa shape index (κ1) is 13.9. The van der Waals surface area contributed by atoms with Crippen molar-refractivity contribution in [1.82, 2.24) is 0 Å². The van der Waals surface area contributed by atoms with Crippen molar-refractivity contribution in [2.75, 3.05) is 5.73 Å². The van der Waals surface area contributed by atoms with Crippen molar-refractivity contribution in [3.8, 4) is 11.8 Å². The Morgan fingerprint density at radius 2 is 1.90 bits per heavy atom. The van der Waals surface area contributed by atoms with Crippen molar-refractivity contribution >= 4 is 5.69 Å². The average molecular weight is 270 g/mol. The minimum absolute atomic E-state index is 0.0616. The molecule has 102 valence electrons. The van der Waals surface area contributed by atoms with E-state index in [2.05, 4.69) is 6.07 Å². The summed E-state index contributed by atoms with van der Waals surface area (Å²) in [5, 5.41) is 8.90. The standard InChI is InChI=1S/C16H15FN2O/c1-10-6-12(8-18)7-11(2)16(10)20-9-13-14(17)4-3-5-15(13)19/h3-7H,9,19H2,1-2H3. The fourth-order valence-electron chi connectivity index (χ4n) is 2.11. The highest BCUT2D eigenvalue weighted by Crippen LogP contribution is 2.26. The van der Waals surface area contributed by atoms with E-state index >= 15 is 0 Å². The van der Waals surface area contributed by atoms with E-state index < -0.39 is 0 Å². The smallest absolute Gasteiger partial charge is 0.131 e. The Hall–Kier alpha value is -2.54. The molecule has 0 saturated carbocycles. The number of nitriles is 1. The Morgan fingerprint density at radius 3 is 2.45 bits per heavy atom. The summed E-state index contributed by atoms with van der Waals surface area (Å²) in [7, 11) is 0. The first-order chi connectivity index (χ1) is 9.52. The van der Waals surface area contributed by atoms with Crippen LogP contribution in [0.25, 0.3) is 0 Å². The molecule has 2 rings (SSSR count). The molecule has 0 atom stereocenters. The molecular weight excluding hydrogens is 255 g/mol. The Kier molecular flexibility index (Phi) is 3.90. The molecule has 0 bridgehead atoms. The van der Waals surface area contributed by atoms with Crippen molar-refractivity contribution in [2.24, 2.45) is 0 Å². The summed E-state index contributed by atoms with van der Waals surface area (Å²) in [6, 6.07) is 10.1. The van der Waals surface area contributed by atoms with Gasteiger partial charge in [0.1, 0.15) is 18.2 Å². The number of aryl methyl sites for hydroxylation is 2. The first-order valence-electron chi connectivity index (χ1n) is 6.20. The molecule has 0 saturated heterocycles. The predicted molar refractivity (Wildman–Crippen MR) is 75.8 cm³/mol. The van der Waals surface area contributed by atoms with Crippen molar-refractivity contribution < 1.29 is 9.13 Å². The van der Waals surface area contributed by atoms with Crippen LogP contribution >= 0.6 is 0 Å². The van der Waals surface area contributed by atoms with Gasteiger partial charge in [0.05, 0.1) is 11.6 Å². The molecule has 3 nitrogen and oxygen atoms in total. The lowest BCUT2D eigenvalue weighted by Crippen LogP contribution is -2.05. The van der Waals surface area contributed by atoms with E-state index in [-0.39, 0.29) is 12.4 Å². The van der Waals surface area contributed by atoms with E-state index in [1.54, 1.807) is 24.3 Å². The number of nitrogen functional groups attached to an aromatic ring is 1. The van der Waals surface area contributed by atoms with Crippen LogP contribution in [-0.2, 0) is 6.61 Å². The molecular formula is C16H15FN2O. The van der Waals surface area contributed by atoms with E-state index in [0.717, 1.165) is 11.1 Å². The molecule has 0 aliphatic heterocycles. The number of anilines is 1. The van der Waals surface area contributed by atoms with Crippen molar-refractivity contribution in [2.45, 2.75) is 20.5 Å². The fraction of sp³-hybridized carbons (Fsp3) is 0.188. The molecule has 0 unspecified atom stereocenters. The lowest BCUT2D eigenvalue weighted by atomic mass is 10.1. The van der Waals surface area contributed by atoms with Gasteiger partial charge >= 0.3 is 0 Å². The second kappa shape index (κ2) is 5.62. The van der Waals surface area contributed by atoms with Gasteiger partial charge in [-0.2, -0.15) is 5.26 Å². The van der Waals surface area contributed by atoms with Gasteiger partial charge in [-0.25, -0.2) is 4.39 Å². The van der Waals surface area contributed by atoms with E-state index in [4.69, 9.17) is 15.7 Å². The molecule has 0 amide bonds. The number of nitrogens with two attached hydrogens (primary N) is 1. The van der Waals surface area contributed by atoms with E-state index in [1.165, 1.54) is 6.07 Å². The molecule has 4 heteroatoms. The maximum Gasteiger partial charge on any atom is 0.131 e. The number of benzene rings is 2. The second-order valence-electron chi connectivity index (χ2n) is 4.65. The van der Waals surface area contributed by atoms with Gasteiger partial charge in [0.25, 0.3) is 0 Å². The minimum atomic E-state index is -0.381. The summed E-state index contributed by atoms with van der Waals surface area (Å²) in [5.41, 5.74) is 8.73. The summed E-state index contributed by atoms with van der Waals surface area (Å²) in [6.07, 6.45) is 0. The number of halogens is 1. The predicted octanol–water partition coefficient (Wildman–Crippen LogP) is 3.48. The van der Waals surface area contributed by atoms with Gasteiger partial charge in [-0.3, -0.25) is 0 Å². The Labute approximate surface area is 117 Å². The highest BCUT2D eigenvalue weighted by Gasteiger charge is 2.10. The van der Waals surface area contributed by atoms with Crippen LogP contribution < -0.4 is 10.5 Å². The Morgan fingerprint density at radius 1 is 1.25 bits per heavy atom. The SMILES string of the molecule is Cc1cc(C#N)cc(C)c1OCc1c(N)cccc1F. The van der Waals surface area contributed by atoms with Crippen LogP contribution in [0.4, 0.5) is 10.1 Å². The molecule has 2 aromatic rings. The van der Waals surface area contributed by atoms with Crippen LogP contribution in [-0.4, -0.2) is 0 Å². The lowest BCUT2D eigenvalue weighted by Gasteiger charge is -2.14. The van der Waals surface area contributed by atoms with Gasteiger partial charge in [-0.15, -0.1) is 0 Å². The van der Waals surface area contributed by atoms with Gasteiger partial charge < -0.3 is 10.5 Å². The van der Waals surface area contributed by atoms with Crippen LogP contribution in [0.5, 0.6) is 5.75 Å². The molecule has 2 aromatic carbocycles. The molecule has 0 aliphatic carbocycles. The summed E-state index contributed by atoms with van der Waals surface area (Å²) in [4.78, 5) is 0. The number of ether oxygens (including phenoxy) is 1. The van der Waals surface area contributed by atoms with Gasteiger partial charge in [-0.1, -0.05) is 6.07 Å². The van der Waals surface area contributed by atoms with Crippen LogP contribution in [0.15, 0.2) is 30.3 Å². The molecule has 20 heavy (non-hydrogen) atoms. The number of hydrogen-bond donors (Lipinski definition) is 1. The van der Waals surface area contributed by atoms with Gasteiger partial charge in [0, 0.05) is 11.3 Å². The van der Waals surface area contributed by atoms with Crippen molar-refractivity contribution in [1.29, 1.82) is 5.26 Å². The van der Waals surface area contributed by atoms with Crippen LogP contribution in [0.2, 0.25) is 0 Å². The van der Waals surface area contributed by atoms with Gasteiger partial charge in [0.15, 0.2) is 0 Å². The van der Waals surface area contributed by atoms with Crippen LogP contribution in [0.3, 0.4) is 0 Å². The molecule has 0 heterocycles. The highest BCUT2D eigenvalue weighted by molar-refractivity contribution is 5.49. The zero-order chi connectivity index (χ0) is 14.7. The molecule has 0 spiro atoms. The zero-order valence-corrected chi connectivity index (χ0v) is 11.4. The average Bonchev–Trinajstić information content (AvgIpc) is 2.40. The molecule has 2 N–H and O–H groups in total. The lowest BCUT2D eigenvalue weighted by molar-refractivity contribution is 0.296. The Bertz CT molecular complexity index is 646. The summed E-state index contributed by atoms with van der Waals surface area (Å²) < 4.78 is 19.4. The molecule has 0 aromatic heterocycles. The summed E-state index contributed by atoms with van der Waals surface area (Å²) in [6.45, 7) is 3.77. The van der Waals surface area contributed by atoms with Crippen molar-refractivity contribution in [3.63, 3.8) is 0 Å². The normalized spacial score (nSPS) is 10.1. The van der Waals surface area contributed by atoms with Crippen LogP contribution in [0.1, 0.15) is 22.3 Å². The number of rotatable bonds is 3. The number of hydrogen-bond acceptors (Lipinski definition) is 3. The quantitative estimate of drug-likeness (QED) is 0.869. The van der Waals surface area contributed by atoms with Gasteiger partial charge in [0.2, 0.25) is 0 Å². The maximum atomic E-state index is 13.7. The first-order valence-corrected chi connectivity index (χ1v) is 6.20. The maximum absolute atomic E-state index is 13.7. The molecule has 0 aliphatic rings. The van der Waals surface area contributed by atoms with Gasteiger partial charge in [-0.05, 0) is 49.2 Å². The number of nitrogens with zero attached hydrogens (tertiary/aromatic N) is 1. The summed E-state index contributed by atoms with van der Waals surface area (Å²) >= 11 is 0. The third-order valence-electron chi connectivity index (χ3n) is 3.11. The minimum Gasteiger partial charge on any atom is -0.488 e. The third-order valence-corrected chi connectivity index (χ3v) is 3.11. The monoisotopic (exact) mass is 270 g/mol. The van der Waals surface area contributed by atoms with Crippen molar-refractivity contribution in [3.05, 3.63) is 58.4 Å². The Balaban J connectivity index is 2.26. The summed E-state index contributed by atoms with van der Waals surface area (Å²) in [5.74, 6) is 0.278. The highest BCUT2D eigenvalue weighted by atomic mass is 19.1. The van der Waals surface area contributed by atoms with E-state index in [9.17, 15) is 4.39 Å². The van der Waals surface area contributed by atoms with E-state index in [0.29, 0.717) is 22.6 Å². The topological polar surface area (TPSA) is 59.0 Å². The molecule has 0 fully saturated rings.